The van der Waals surface area contributed by atoms with Gasteiger partial charge in [-0.05, 0) is 39.3 Å². The highest BCUT2D eigenvalue weighted by atomic mass is 19.3. The maximum Gasteiger partial charge on any atom is 0.331 e. The predicted octanol–water partition coefficient (Wildman–Crippen LogP) is 3.78. The van der Waals surface area contributed by atoms with Gasteiger partial charge in [-0.2, -0.15) is 0 Å². The number of halogens is 2. The van der Waals surface area contributed by atoms with Gasteiger partial charge in [0.1, 0.15) is 29.8 Å². The fraction of sp³-hybridized carbons (Fsp3) is 0.357. The van der Waals surface area contributed by atoms with E-state index in [0.717, 1.165) is 15.5 Å². The van der Waals surface area contributed by atoms with Crippen LogP contribution in [0.2, 0.25) is 0 Å². The Morgan fingerprint density at radius 1 is 1.07 bits per heavy atom. The van der Waals surface area contributed by atoms with E-state index in [1.807, 2.05) is 6.92 Å². The minimum atomic E-state index is -2.80. The second-order valence-electron chi connectivity index (χ2n) is 10.7. The molecule has 2 N–H and O–H groups in total. The number of hydrogen-bond acceptors (Lipinski definition) is 9. The zero-order valence-corrected chi connectivity index (χ0v) is 23.7. The summed E-state index contributed by atoms with van der Waals surface area (Å²) in [4.78, 5) is 61.9. The summed E-state index contributed by atoms with van der Waals surface area (Å²) in [5, 5.41) is 6.07. The number of fused-ring (bicyclic) bond motifs is 1. The zero-order chi connectivity index (χ0) is 30.6. The third-order valence-corrected chi connectivity index (χ3v) is 7.47. The minimum absolute atomic E-state index is 0.0413. The molecule has 0 unspecified atom stereocenters. The molecule has 13 nitrogen and oxygen atoms in total. The summed E-state index contributed by atoms with van der Waals surface area (Å²) in [6.45, 7) is 5.10. The van der Waals surface area contributed by atoms with Crippen LogP contribution in [-0.2, 0) is 9.59 Å². The maximum atomic E-state index is 13.7. The van der Waals surface area contributed by atoms with Crippen LogP contribution in [0, 0.1) is 19.8 Å². The lowest BCUT2D eigenvalue weighted by Crippen LogP contribution is -2.30. The molecule has 0 bridgehead atoms. The van der Waals surface area contributed by atoms with E-state index in [-0.39, 0.29) is 41.2 Å². The fourth-order valence-corrected chi connectivity index (χ4v) is 5.07. The van der Waals surface area contributed by atoms with Crippen molar-refractivity contribution in [1.82, 2.24) is 34.2 Å². The van der Waals surface area contributed by atoms with E-state index in [0.29, 0.717) is 35.4 Å². The van der Waals surface area contributed by atoms with Crippen LogP contribution in [0.15, 0.2) is 36.8 Å². The van der Waals surface area contributed by atoms with Gasteiger partial charge in [0.05, 0.1) is 17.4 Å². The third kappa shape index (κ3) is 5.45. The summed E-state index contributed by atoms with van der Waals surface area (Å²) in [6.07, 6.45) is 2.35. The summed E-state index contributed by atoms with van der Waals surface area (Å²) in [5.41, 5.74) is 1.35. The van der Waals surface area contributed by atoms with E-state index < -0.39 is 24.4 Å². The van der Waals surface area contributed by atoms with E-state index in [2.05, 4.69) is 35.6 Å². The topological polar surface area (TPSA) is 151 Å². The van der Waals surface area contributed by atoms with Gasteiger partial charge in [0.2, 0.25) is 11.8 Å². The first-order chi connectivity index (χ1) is 20.5. The number of aromatic nitrogens is 6. The summed E-state index contributed by atoms with van der Waals surface area (Å²) in [7, 11) is 1.34. The Kier molecular flexibility index (Phi) is 6.94. The number of alkyl halides is 2. The van der Waals surface area contributed by atoms with Crippen LogP contribution in [0.25, 0.3) is 5.65 Å². The first kappa shape index (κ1) is 28.1. The van der Waals surface area contributed by atoms with Gasteiger partial charge in [0.25, 0.3) is 6.43 Å². The second-order valence-corrected chi connectivity index (χ2v) is 10.7. The smallest absolute Gasteiger partial charge is 0.331 e. The molecule has 4 aromatic heterocycles. The van der Waals surface area contributed by atoms with Gasteiger partial charge in [-0.3, -0.25) is 19.4 Å². The van der Waals surface area contributed by atoms with Gasteiger partial charge in [-0.15, -0.1) is 0 Å². The third-order valence-electron chi connectivity index (χ3n) is 7.47. The Morgan fingerprint density at radius 3 is 2.53 bits per heavy atom. The lowest BCUT2D eigenvalue weighted by molar-refractivity contribution is -0.124. The minimum Gasteiger partial charge on any atom is -0.362 e. The predicted molar refractivity (Wildman–Crippen MR) is 151 cm³/mol. The van der Waals surface area contributed by atoms with Crippen LogP contribution in [0.3, 0.4) is 0 Å². The van der Waals surface area contributed by atoms with Gasteiger partial charge in [0.15, 0.2) is 5.65 Å². The number of carbonyl (C=O) groups is 3. The van der Waals surface area contributed by atoms with Crippen molar-refractivity contribution >= 4 is 40.8 Å². The Balaban J connectivity index is 1.21. The van der Waals surface area contributed by atoms with Crippen molar-refractivity contribution in [3.63, 3.8) is 0 Å². The Hall–Kier alpha value is -5.08. The number of nitrogens with zero attached hydrogens (tertiary/aromatic N) is 8. The number of nitrogens with one attached hydrogen (secondary N) is 2. The molecule has 3 atom stereocenters. The Labute approximate surface area is 244 Å². The monoisotopic (exact) mass is 590 g/mol. The summed E-state index contributed by atoms with van der Waals surface area (Å²) < 4.78 is 28.9. The number of rotatable bonds is 8. The number of imidazole rings is 1. The lowest BCUT2D eigenvalue weighted by Gasteiger charge is -2.17. The van der Waals surface area contributed by atoms with Crippen LogP contribution in [-0.4, -0.2) is 65.7 Å². The molecule has 1 aliphatic heterocycles. The molecule has 43 heavy (non-hydrogen) atoms. The van der Waals surface area contributed by atoms with Gasteiger partial charge >= 0.3 is 6.03 Å². The molecule has 2 fully saturated rings. The molecular weight excluding hydrogens is 562 g/mol. The van der Waals surface area contributed by atoms with Crippen molar-refractivity contribution in [3.8, 4) is 0 Å². The number of amides is 4. The molecule has 5 heterocycles. The molecule has 1 saturated carbocycles. The highest BCUT2D eigenvalue weighted by Gasteiger charge is 2.46. The molecular formula is C28H28F2N10O3. The van der Waals surface area contributed by atoms with E-state index in [1.165, 1.54) is 23.7 Å². The van der Waals surface area contributed by atoms with E-state index in [1.54, 1.807) is 38.4 Å². The normalized spacial score (nSPS) is 19.0. The second kappa shape index (κ2) is 10.6. The van der Waals surface area contributed by atoms with Crippen LogP contribution in [0.5, 0.6) is 0 Å². The summed E-state index contributed by atoms with van der Waals surface area (Å²) in [5.74, 6) is 0.878. The lowest BCUT2D eigenvalue weighted by atomic mass is 10.2. The Morgan fingerprint density at radius 2 is 1.84 bits per heavy atom. The number of aryl methyl sites for hydroxylation is 2. The number of carbonyl (C=O) groups excluding carboxylic acids is 3. The summed E-state index contributed by atoms with van der Waals surface area (Å²) in [6, 6.07) is 3.50. The van der Waals surface area contributed by atoms with Crippen molar-refractivity contribution in [2.45, 2.75) is 45.6 Å². The van der Waals surface area contributed by atoms with Crippen molar-refractivity contribution in [1.29, 1.82) is 0 Å². The first-order valence-electron chi connectivity index (χ1n) is 13.6. The molecule has 6 rings (SSSR count). The number of hydrogen-bond donors (Lipinski definition) is 2. The molecule has 4 amide bonds. The number of pyridine rings is 1. The first-order valence-corrected chi connectivity index (χ1v) is 13.6. The van der Waals surface area contributed by atoms with Gasteiger partial charge in [0, 0.05) is 54.8 Å². The summed E-state index contributed by atoms with van der Waals surface area (Å²) >= 11 is 0. The maximum absolute atomic E-state index is 13.7. The van der Waals surface area contributed by atoms with E-state index >= 15 is 0 Å². The zero-order valence-electron chi connectivity index (χ0n) is 23.7. The molecule has 4 aromatic rings. The fourth-order valence-electron chi connectivity index (χ4n) is 5.07. The molecule has 1 saturated heterocycles. The molecule has 0 aromatic carbocycles. The Bertz CT molecular complexity index is 1780. The highest BCUT2D eigenvalue weighted by Crippen LogP contribution is 2.46. The number of imide groups is 1. The van der Waals surface area contributed by atoms with Crippen molar-refractivity contribution in [2.24, 2.45) is 5.92 Å². The number of urea groups is 1. The largest absolute Gasteiger partial charge is 0.362 e. The van der Waals surface area contributed by atoms with Crippen molar-refractivity contribution < 1.29 is 23.2 Å². The van der Waals surface area contributed by atoms with Gasteiger partial charge in [-0.25, -0.2) is 38.5 Å². The van der Waals surface area contributed by atoms with Gasteiger partial charge < -0.3 is 15.0 Å². The number of anilines is 3. The van der Waals surface area contributed by atoms with Crippen LogP contribution >= 0.6 is 0 Å². The SMILES string of the molecule is Cc1ccnc([C@H]2C[C@@H]2C(=O)Nc2cc(N[C@H](C)c3cn4cc(C(F)F)cc(N5CC(=O)N(C)C5=O)c4n3)nc(C)n2)n1. The molecule has 1 aliphatic carbocycles. The molecule has 15 heteroatoms. The van der Waals surface area contributed by atoms with Crippen molar-refractivity contribution in [3.05, 3.63) is 65.4 Å². The van der Waals surface area contributed by atoms with Gasteiger partial charge in [-0.1, -0.05) is 0 Å². The van der Waals surface area contributed by atoms with Crippen LogP contribution in [0.1, 0.15) is 60.3 Å². The van der Waals surface area contributed by atoms with E-state index in [9.17, 15) is 23.2 Å². The van der Waals surface area contributed by atoms with Crippen LogP contribution < -0.4 is 15.5 Å². The van der Waals surface area contributed by atoms with E-state index in [4.69, 9.17) is 0 Å². The van der Waals surface area contributed by atoms with Crippen molar-refractivity contribution in [2.75, 3.05) is 29.1 Å². The molecule has 0 spiro atoms. The highest BCUT2D eigenvalue weighted by molar-refractivity contribution is 6.13. The molecule has 222 valence electrons. The quantitative estimate of drug-likeness (QED) is 0.292. The average molecular weight is 591 g/mol. The number of likely N-dealkylation sites (N-methyl/N-ethyl adjacent to an activating group) is 1. The molecule has 2 aliphatic rings. The molecule has 0 radical (unpaired) electrons. The van der Waals surface area contributed by atoms with Crippen LogP contribution in [0.4, 0.5) is 30.9 Å². The average Bonchev–Trinajstić information content (AvgIpc) is 3.58. The standard InChI is InChI=1S/C28H28F2N10O3/c1-13-5-6-31-25(32-13)17-8-18(17)27(42)37-22-9-21(34-15(3)35-22)33-14(2)19-11-39-10-16(24(29)30)7-20(26(39)36-19)40-12-23(41)38(4)28(40)43/h5-7,9-11,14,17-18,24H,8,12H2,1-4H3,(H2,33,34,35,37,42)/t14-,17+,18+/m1/s1.